The molecule has 0 aromatic heterocycles. The van der Waals surface area contributed by atoms with Crippen LogP contribution < -0.4 is 0 Å². The minimum atomic E-state index is 0.669. The average Bonchev–Trinajstić information content (AvgIpc) is 3.18. The molecule has 0 saturated carbocycles. The largest absolute Gasteiger partial charge is 0.361 e. The van der Waals surface area contributed by atoms with Crippen molar-refractivity contribution in [3.63, 3.8) is 0 Å². The molecule has 1 N–H and O–H groups in total. The average molecular weight is 358 g/mol. The third-order valence-electron chi connectivity index (χ3n) is 7.23. The summed E-state index contributed by atoms with van der Waals surface area (Å²) in [7, 11) is 4.89. The summed E-state index contributed by atoms with van der Waals surface area (Å²) in [5, 5.41) is 0. The van der Waals surface area contributed by atoms with Crippen LogP contribution in [0.5, 0.6) is 0 Å². The van der Waals surface area contributed by atoms with Gasteiger partial charge >= 0.3 is 0 Å². The van der Waals surface area contributed by atoms with Crippen molar-refractivity contribution in [1.29, 1.82) is 0 Å². The Morgan fingerprint density at radius 3 is 2.41 bits per heavy atom. The van der Waals surface area contributed by atoms with Crippen molar-refractivity contribution in [2.24, 2.45) is 5.92 Å². The molecular formula is C25H29N2+. The highest BCUT2D eigenvalue weighted by atomic mass is 15.4. The molecule has 0 spiro atoms. The van der Waals surface area contributed by atoms with Crippen molar-refractivity contribution >= 4 is 5.57 Å². The zero-order valence-corrected chi connectivity index (χ0v) is 16.4. The van der Waals surface area contributed by atoms with Crippen molar-refractivity contribution in [2.45, 2.75) is 37.8 Å². The van der Waals surface area contributed by atoms with Crippen molar-refractivity contribution in [1.82, 2.24) is 4.98 Å². The van der Waals surface area contributed by atoms with Crippen LogP contribution >= 0.6 is 0 Å². The number of hydrogen-bond donors (Lipinski definition) is 1. The van der Waals surface area contributed by atoms with E-state index in [2.05, 4.69) is 85.9 Å². The third-order valence-corrected chi connectivity index (χ3v) is 7.23. The normalized spacial score (nSPS) is 27.2. The summed E-state index contributed by atoms with van der Waals surface area (Å²) in [6.45, 7) is 0. The van der Waals surface area contributed by atoms with E-state index in [1.54, 1.807) is 0 Å². The Morgan fingerprint density at radius 2 is 1.67 bits per heavy atom. The van der Waals surface area contributed by atoms with Gasteiger partial charge in [-0.3, -0.25) is 0 Å². The monoisotopic (exact) mass is 357 g/mol. The Hall–Kier alpha value is -2.32. The van der Waals surface area contributed by atoms with E-state index >= 15 is 0 Å². The second-order valence-corrected chi connectivity index (χ2v) is 8.94. The number of allylic oxidation sites excluding steroid dienone is 1. The first-order valence-electron chi connectivity index (χ1n) is 10.3. The first kappa shape index (κ1) is 16.8. The maximum Gasteiger partial charge on any atom is 0.0896 e. The molecule has 1 aromatic rings. The number of rotatable bonds is 3. The number of quaternary nitrogens is 1. The molecule has 2 fully saturated rings. The fraction of sp³-hybridized carbons (Fsp3) is 0.360. The molecule has 1 aliphatic carbocycles. The van der Waals surface area contributed by atoms with Crippen LogP contribution in [-0.2, 0) is 0 Å². The topological polar surface area (TPSA) is 15.8 Å². The lowest BCUT2D eigenvalue weighted by Gasteiger charge is -2.44. The Balaban J connectivity index is 1.58. The van der Waals surface area contributed by atoms with Crippen LogP contribution in [-0.4, -0.2) is 35.6 Å². The second kappa shape index (κ2) is 6.38. The summed E-state index contributed by atoms with van der Waals surface area (Å²) in [5.74, 6) is 0.669. The number of pyridine rings is 1. The summed E-state index contributed by atoms with van der Waals surface area (Å²) < 4.78 is 1.23. The van der Waals surface area contributed by atoms with Crippen molar-refractivity contribution in [3.05, 3.63) is 78.1 Å². The van der Waals surface area contributed by atoms with Gasteiger partial charge in [0.05, 0.1) is 31.9 Å². The molecule has 0 radical (unpaired) electrons. The Bertz CT molecular complexity index is 918. The van der Waals surface area contributed by atoms with Crippen LogP contribution in [0.2, 0.25) is 0 Å². The molecule has 2 bridgehead atoms. The predicted molar refractivity (Wildman–Crippen MR) is 113 cm³/mol. The van der Waals surface area contributed by atoms with Gasteiger partial charge in [-0.05, 0) is 23.1 Å². The maximum atomic E-state index is 3.57. The van der Waals surface area contributed by atoms with Crippen molar-refractivity contribution in [2.75, 3.05) is 14.1 Å². The van der Waals surface area contributed by atoms with E-state index in [0.717, 1.165) is 12.1 Å². The quantitative estimate of drug-likeness (QED) is 0.590. The number of aromatic amines is 1. The molecule has 0 amide bonds. The molecule has 1 unspecified atom stereocenters. The van der Waals surface area contributed by atoms with Crippen LogP contribution in [0.4, 0.5) is 0 Å². The number of nitrogens with one attached hydrogen (secondary N) is 1. The lowest BCUT2D eigenvalue weighted by atomic mass is 9.85. The first-order chi connectivity index (χ1) is 13.1. The summed E-state index contributed by atoms with van der Waals surface area (Å²) in [6.07, 6.45) is 10.1. The smallest absolute Gasteiger partial charge is 0.0896 e. The molecule has 138 valence electrons. The van der Waals surface area contributed by atoms with Crippen molar-refractivity contribution in [3.8, 4) is 11.1 Å². The fourth-order valence-electron chi connectivity index (χ4n) is 5.56. The molecule has 2 heteroatoms. The van der Waals surface area contributed by atoms with Gasteiger partial charge in [0.2, 0.25) is 0 Å². The molecule has 27 heavy (non-hydrogen) atoms. The van der Waals surface area contributed by atoms with Gasteiger partial charge in [-0.1, -0.05) is 54.6 Å². The molecule has 5 rings (SSSR count). The number of piperidine rings is 1. The number of fused-ring (bicyclic) bond motifs is 3. The number of nitrogens with zero attached hydrogens (tertiary/aromatic N) is 1. The maximum absolute atomic E-state index is 3.57. The molecular weight excluding hydrogens is 328 g/mol. The SMILES string of the molecule is C[N+]1(C)[C@@H]2CC[C@H]1CC(/C=C(\c1ccccc1)c1[nH]ccc3cccc1-3)C2. The number of H-pyrrole nitrogens is 1. The van der Waals surface area contributed by atoms with E-state index in [1.165, 1.54) is 58.1 Å². The van der Waals surface area contributed by atoms with E-state index in [-0.39, 0.29) is 0 Å². The van der Waals surface area contributed by atoms with Gasteiger partial charge in [-0.15, -0.1) is 0 Å². The Labute approximate surface area is 162 Å². The number of aromatic nitrogens is 1. The van der Waals surface area contributed by atoms with Crippen LogP contribution in [0.1, 0.15) is 36.9 Å². The van der Waals surface area contributed by atoms with Gasteiger partial charge < -0.3 is 9.47 Å². The Kier molecular flexibility index (Phi) is 3.98. The molecule has 2 saturated heterocycles. The van der Waals surface area contributed by atoms with Gasteiger partial charge in [0.25, 0.3) is 0 Å². The van der Waals surface area contributed by atoms with Crippen LogP contribution in [0.3, 0.4) is 0 Å². The zero-order chi connectivity index (χ0) is 18.4. The summed E-state index contributed by atoms with van der Waals surface area (Å²) in [5.41, 5.74) is 6.57. The summed E-state index contributed by atoms with van der Waals surface area (Å²) >= 11 is 0. The second-order valence-electron chi connectivity index (χ2n) is 8.94. The molecule has 3 aliphatic heterocycles. The predicted octanol–water partition coefficient (Wildman–Crippen LogP) is 5.57. The minimum absolute atomic E-state index is 0.669. The number of hydrogen-bond acceptors (Lipinski definition) is 0. The molecule has 3 heterocycles. The van der Waals surface area contributed by atoms with Crippen LogP contribution in [0.15, 0.2) is 66.9 Å². The lowest BCUT2D eigenvalue weighted by Crippen LogP contribution is -2.54. The highest BCUT2D eigenvalue weighted by molar-refractivity contribution is 5.87. The van der Waals surface area contributed by atoms with E-state index in [4.69, 9.17) is 0 Å². The molecule has 4 aliphatic rings. The fourth-order valence-corrected chi connectivity index (χ4v) is 5.56. The lowest BCUT2D eigenvalue weighted by molar-refractivity contribution is -0.931. The van der Waals surface area contributed by atoms with Gasteiger partial charge in [-0.25, -0.2) is 0 Å². The first-order valence-corrected chi connectivity index (χ1v) is 10.3. The standard InChI is InChI=1S/C25H29N2/c1-27(2)21-11-12-22(27)16-18(15-21)17-24(19-7-4-3-5-8-19)25-23-10-6-9-20(23)13-14-26-25/h3-10,13-14,17-18,21-22,26H,11-12,15-16H2,1-2H3/q+1/b24-17+/t18?,21-,22+. The van der Waals surface area contributed by atoms with Gasteiger partial charge in [0.15, 0.2) is 0 Å². The van der Waals surface area contributed by atoms with E-state index < -0.39 is 0 Å². The van der Waals surface area contributed by atoms with Crippen molar-refractivity contribution < 1.29 is 4.48 Å². The molecule has 2 nitrogen and oxygen atoms in total. The minimum Gasteiger partial charge on any atom is -0.361 e. The van der Waals surface area contributed by atoms with Crippen LogP contribution in [0, 0.1) is 5.92 Å². The Morgan fingerprint density at radius 1 is 0.926 bits per heavy atom. The summed E-state index contributed by atoms with van der Waals surface area (Å²) in [6, 6.07) is 21.3. The van der Waals surface area contributed by atoms with Gasteiger partial charge in [-0.2, -0.15) is 0 Å². The van der Waals surface area contributed by atoms with E-state index in [1.807, 2.05) is 0 Å². The highest BCUT2D eigenvalue weighted by Gasteiger charge is 2.48. The van der Waals surface area contributed by atoms with E-state index in [9.17, 15) is 0 Å². The third kappa shape index (κ3) is 2.83. The summed E-state index contributed by atoms with van der Waals surface area (Å²) in [4.78, 5) is 3.57. The van der Waals surface area contributed by atoms with Gasteiger partial charge in [0, 0.05) is 43.0 Å². The van der Waals surface area contributed by atoms with Gasteiger partial charge in [0.1, 0.15) is 0 Å². The zero-order valence-electron chi connectivity index (χ0n) is 16.4. The molecule has 3 atom stereocenters. The highest BCUT2D eigenvalue weighted by Crippen LogP contribution is 2.44. The van der Waals surface area contributed by atoms with Crippen LogP contribution in [0.25, 0.3) is 16.7 Å². The van der Waals surface area contributed by atoms with E-state index in [0.29, 0.717) is 5.92 Å². The number of benzene rings is 1. The molecule has 1 aromatic carbocycles.